The minimum atomic E-state index is 0.735. The molecule has 9 rings (SSSR count). The van der Waals surface area contributed by atoms with Crippen molar-refractivity contribution in [3.8, 4) is 67.2 Å². The van der Waals surface area contributed by atoms with Gasteiger partial charge < -0.3 is 0 Å². The average Bonchev–Trinajstić information content (AvgIpc) is 3.57. The molecule has 2 aromatic heterocycles. The van der Waals surface area contributed by atoms with Gasteiger partial charge in [0.15, 0.2) is 5.82 Å². The molecule has 2 heterocycles. The van der Waals surface area contributed by atoms with E-state index in [0.29, 0.717) is 0 Å². The summed E-state index contributed by atoms with van der Waals surface area (Å²) in [6.45, 7) is 0. The van der Waals surface area contributed by atoms with Crippen LogP contribution in [0.1, 0.15) is 0 Å². The summed E-state index contributed by atoms with van der Waals surface area (Å²) in [7, 11) is 0. The molecule has 0 bridgehead atoms. The van der Waals surface area contributed by atoms with Gasteiger partial charge in [-0.3, -0.25) is 0 Å². The highest BCUT2D eigenvalue weighted by atomic mass is 32.1. The molecule has 7 aromatic carbocycles. The van der Waals surface area contributed by atoms with Crippen LogP contribution < -0.4 is 0 Å². The van der Waals surface area contributed by atoms with E-state index in [2.05, 4.69) is 176 Å². The molecule has 2 nitrogen and oxygen atoms in total. The molecule has 0 saturated heterocycles. The second-order valence-electron chi connectivity index (χ2n) is 12.2. The number of nitrogens with zero attached hydrogens (tertiary/aromatic N) is 2. The molecule has 230 valence electrons. The lowest BCUT2D eigenvalue weighted by Gasteiger charge is -2.13. The molecule has 0 fully saturated rings. The molecule has 0 atom stereocenters. The van der Waals surface area contributed by atoms with Crippen LogP contribution in [-0.2, 0) is 0 Å². The average molecular weight is 643 g/mol. The van der Waals surface area contributed by atoms with Gasteiger partial charge in [-0.1, -0.05) is 146 Å². The predicted molar refractivity (Wildman–Crippen MR) is 208 cm³/mol. The highest BCUT2D eigenvalue weighted by Crippen LogP contribution is 2.40. The van der Waals surface area contributed by atoms with Crippen molar-refractivity contribution in [1.29, 1.82) is 0 Å². The molecular weight excluding hydrogens is 613 g/mol. The second kappa shape index (κ2) is 12.5. The molecule has 0 aliphatic carbocycles. The van der Waals surface area contributed by atoms with Crippen molar-refractivity contribution in [1.82, 2.24) is 9.97 Å². The van der Waals surface area contributed by atoms with Crippen molar-refractivity contribution >= 4 is 31.6 Å². The Bertz CT molecular complexity index is 2530. The van der Waals surface area contributed by atoms with Gasteiger partial charge in [0.25, 0.3) is 0 Å². The molecule has 0 radical (unpaired) electrons. The zero-order valence-electron chi connectivity index (χ0n) is 26.6. The van der Waals surface area contributed by atoms with Crippen molar-refractivity contribution < 1.29 is 0 Å². The third-order valence-corrected chi connectivity index (χ3v) is 10.1. The van der Waals surface area contributed by atoms with Gasteiger partial charge in [0.2, 0.25) is 0 Å². The fourth-order valence-corrected chi connectivity index (χ4v) is 7.74. The molecule has 49 heavy (non-hydrogen) atoms. The van der Waals surface area contributed by atoms with Gasteiger partial charge in [0.05, 0.1) is 5.69 Å². The largest absolute Gasteiger partial charge is 0.227 e. The highest BCUT2D eigenvalue weighted by molar-refractivity contribution is 7.25. The third-order valence-electron chi connectivity index (χ3n) is 9.08. The van der Waals surface area contributed by atoms with Gasteiger partial charge >= 0.3 is 0 Å². The van der Waals surface area contributed by atoms with Crippen molar-refractivity contribution in [2.45, 2.75) is 0 Å². The second-order valence-corrected chi connectivity index (χ2v) is 13.3. The Kier molecular flexibility index (Phi) is 7.38. The van der Waals surface area contributed by atoms with Crippen LogP contribution >= 0.6 is 11.3 Å². The van der Waals surface area contributed by atoms with Crippen LogP contribution in [0.3, 0.4) is 0 Å². The van der Waals surface area contributed by atoms with Crippen LogP contribution in [0.15, 0.2) is 182 Å². The predicted octanol–water partition coefficient (Wildman–Crippen LogP) is 12.8. The van der Waals surface area contributed by atoms with E-state index in [9.17, 15) is 0 Å². The first-order valence-electron chi connectivity index (χ1n) is 16.5. The molecule has 3 heteroatoms. The molecule has 0 unspecified atom stereocenters. The zero-order valence-corrected chi connectivity index (χ0v) is 27.4. The normalized spacial score (nSPS) is 11.3. The Labute approximate surface area is 289 Å². The monoisotopic (exact) mass is 642 g/mol. The van der Waals surface area contributed by atoms with Crippen LogP contribution in [-0.4, -0.2) is 9.97 Å². The molecule has 0 saturated carbocycles. The first-order valence-corrected chi connectivity index (χ1v) is 17.3. The van der Waals surface area contributed by atoms with Gasteiger partial charge in [0.1, 0.15) is 4.83 Å². The number of fused-ring (bicyclic) bond motifs is 3. The lowest BCUT2D eigenvalue weighted by Crippen LogP contribution is -1.94. The minimum absolute atomic E-state index is 0.735. The lowest BCUT2D eigenvalue weighted by atomic mass is 9.92. The number of benzene rings is 7. The Hall–Kier alpha value is -6.16. The Morgan fingerprint density at radius 1 is 0.327 bits per heavy atom. The van der Waals surface area contributed by atoms with Crippen LogP contribution in [0.4, 0.5) is 0 Å². The van der Waals surface area contributed by atoms with E-state index in [-0.39, 0.29) is 0 Å². The lowest BCUT2D eigenvalue weighted by molar-refractivity contribution is 1.24. The Morgan fingerprint density at radius 3 is 1.37 bits per heavy atom. The summed E-state index contributed by atoms with van der Waals surface area (Å²) >= 11 is 1.73. The van der Waals surface area contributed by atoms with Crippen LogP contribution in [0.5, 0.6) is 0 Å². The standard InChI is InChI=1S/C46H30N2S/c1-4-14-31(15-5-1)38-28-39(32-16-6-2-7-17-32)30-40(29-38)36-22-12-20-34(26-36)35-21-13-23-37(27-35)45-47-44(33-18-8-3-9-19-33)43-41-24-10-11-25-42(41)49-46(43)48-45/h1-30H. The minimum Gasteiger partial charge on any atom is -0.227 e. The SMILES string of the molecule is c1ccc(-c2cc(-c3ccccc3)cc(-c3cccc(-c4cccc(-c5nc(-c6ccccc6)c6c(n5)sc5ccccc56)c4)c3)c2)cc1. The Balaban J connectivity index is 1.15. The molecule has 0 N–H and O–H groups in total. The van der Waals surface area contributed by atoms with E-state index in [1.165, 1.54) is 43.5 Å². The molecular formula is C46H30N2S. The van der Waals surface area contributed by atoms with E-state index in [1.54, 1.807) is 11.3 Å². The fraction of sp³-hybridized carbons (Fsp3) is 0. The maximum Gasteiger partial charge on any atom is 0.161 e. The molecule has 9 aromatic rings. The first-order chi connectivity index (χ1) is 24.3. The zero-order chi connectivity index (χ0) is 32.6. The number of thiophene rings is 1. The summed E-state index contributed by atoms with van der Waals surface area (Å²) in [5.74, 6) is 0.735. The van der Waals surface area contributed by atoms with E-state index < -0.39 is 0 Å². The Morgan fingerprint density at radius 2 is 0.755 bits per heavy atom. The van der Waals surface area contributed by atoms with Crippen molar-refractivity contribution in [2.24, 2.45) is 0 Å². The fourth-order valence-electron chi connectivity index (χ4n) is 6.66. The number of aromatic nitrogens is 2. The smallest absolute Gasteiger partial charge is 0.161 e. The molecule has 0 amide bonds. The number of rotatable bonds is 6. The van der Waals surface area contributed by atoms with Crippen molar-refractivity contribution in [2.75, 3.05) is 0 Å². The summed E-state index contributed by atoms with van der Waals surface area (Å²) in [5.41, 5.74) is 12.5. The van der Waals surface area contributed by atoms with Crippen molar-refractivity contribution in [3.63, 3.8) is 0 Å². The van der Waals surface area contributed by atoms with Gasteiger partial charge in [0, 0.05) is 26.6 Å². The van der Waals surface area contributed by atoms with E-state index in [1.807, 2.05) is 6.07 Å². The van der Waals surface area contributed by atoms with Crippen LogP contribution in [0.2, 0.25) is 0 Å². The summed E-state index contributed by atoms with van der Waals surface area (Å²) in [4.78, 5) is 11.4. The van der Waals surface area contributed by atoms with Crippen LogP contribution in [0, 0.1) is 0 Å². The topological polar surface area (TPSA) is 25.8 Å². The summed E-state index contributed by atoms with van der Waals surface area (Å²) in [5, 5.41) is 2.32. The molecule has 0 aliphatic heterocycles. The van der Waals surface area contributed by atoms with E-state index in [0.717, 1.165) is 44.0 Å². The van der Waals surface area contributed by atoms with Gasteiger partial charge in [-0.2, -0.15) is 0 Å². The number of hydrogen-bond donors (Lipinski definition) is 0. The molecule has 0 spiro atoms. The van der Waals surface area contributed by atoms with Crippen LogP contribution in [0.25, 0.3) is 87.5 Å². The maximum atomic E-state index is 5.24. The van der Waals surface area contributed by atoms with Gasteiger partial charge in [-0.15, -0.1) is 11.3 Å². The van der Waals surface area contributed by atoms with Gasteiger partial charge in [-0.25, -0.2) is 9.97 Å². The third kappa shape index (κ3) is 5.61. The summed E-state index contributed by atoms with van der Waals surface area (Å²) in [6.07, 6.45) is 0. The van der Waals surface area contributed by atoms with E-state index in [4.69, 9.17) is 9.97 Å². The summed E-state index contributed by atoms with van der Waals surface area (Å²) in [6, 6.07) is 64.6. The first kappa shape index (κ1) is 29.0. The van der Waals surface area contributed by atoms with Crippen molar-refractivity contribution in [3.05, 3.63) is 182 Å². The maximum absolute atomic E-state index is 5.24. The van der Waals surface area contributed by atoms with Gasteiger partial charge in [-0.05, 0) is 80.9 Å². The quantitative estimate of drug-likeness (QED) is 0.180. The van der Waals surface area contributed by atoms with E-state index >= 15 is 0 Å². The number of hydrogen-bond acceptors (Lipinski definition) is 3. The highest BCUT2D eigenvalue weighted by Gasteiger charge is 2.17. The molecule has 0 aliphatic rings. The summed E-state index contributed by atoms with van der Waals surface area (Å²) < 4.78 is 1.22.